The van der Waals surface area contributed by atoms with E-state index in [1.165, 1.54) is 16.0 Å². The molecule has 1 aromatic carbocycles. The molecule has 160 valence electrons. The first-order chi connectivity index (χ1) is 15.2. The standard InChI is InChI=1S/C23H24N4O3S/c1-3-29-18-8-15-11-24-10-14(15)7-17(18)27-21-20-16-6-5-13(23(28)30-4-2)9-19(16)31-22(20)26-12-25-21/h7-8,10,12-13H,3-6,9,11H2,1-2H3,(H,25,26,27)/t13-/m0/s1. The molecule has 0 amide bonds. The van der Waals surface area contributed by atoms with Crippen molar-refractivity contribution in [1.29, 1.82) is 0 Å². The van der Waals surface area contributed by atoms with Gasteiger partial charge in [-0.2, -0.15) is 0 Å². The fourth-order valence-corrected chi connectivity index (χ4v) is 5.57. The molecule has 2 aliphatic rings. The van der Waals surface area contributed by atoms with Crippen molar-refractivity contribution >= 4 is 45.2 Å². The number of esters is 1. The number of aliphatic imine (C=N–C) groups is 1. The second-order valence-electron chi connectivity index (χ2n) is 7.67. The minimum absolute atomic E-state index is 0.0783. The van der Waals surface area contributed by atoms with Crippen LogP contribution in [0.1, 0.15) is 41.8 Å². The highest BCUT2D eigenvalue weighted by Crippen LogP contribution is 2.42. The van der Waals surface area contributed by atoms with Gasteiger partial charge in [0.15, 0.2) is 0 Å². The van der Waals surface area contributed by atoms with Crippen LogP contribution in [0.25, 0.3) is 10.2 Å². The number of nitrogens with one attached hydrogen (secondary N) is 1. The molecule has 0 saturated carbocycles. The van der Waals surface area contributed by atoms with E-state index < -0.39 is 0 Å². The first-order valence-corrected chi connectivity index (χ1v) is 11.5. The monoisotopic (exact) mass is 436 g/mol. The molecule has 2 aromatic heterocycles. The molecule has 8 heteroatoms. The molecule has 0 fully saturated rings. The number of hydrogen-bond acceptors (Lipinski definition) is 8. The van der Waals surface area contributed by atoms with E-state index in [1.54, 1.807) is 17.7 Å². The van der Waals surface area contributed by atoms with Crippen LogP contribution in [0.2, 0.25) is 0 Å². The SMILES string of the molecule is CCOC(=O)[C@H]1CCc2c(sc3ncnc(Nc4cc5c(cc4OCC)CN=C5)c23)C1. The van der Waals surface area contributed by atoms with Gasteiger partial charge in [0.05, 0.1) is 36.8 Å². The van der Waals surface area contributed by atoms with Crippen molar-refractivity contribution in [2.24, 2.45) is 10.9 Å². The van der Waals surface area contributed by atoms with Crippen molar-refractivity contribution in [2.75, 3.05) is 18.5 Å². The Morgan fingerprint density at radius 2 is 2.16 bits per heavy atom. The van der Waals surface area contributed by atoms with Crippen LogP contribution in [0, 0.1) is 5.92 Å². The Balaban J connectivity index is 1.51. The Morgan fingerprint density at radius 1 is 1.26 bits per heavy atom. The predicted octanol–water partition coefficient (Wildman–Crippen LogP) is 4.43. The van der Waals surface area contributed by atoms with Crippen molar-refractivity contribution in [3.63, 3.8) is 0 Å². The number of thiophene rings is 1. The van der Waals surface area contributed by atoms with Crippen LogP contribution < -0.4 is 10.1 Å². The summed E-state index contributed by atoms with van der Waals surface area (Å²) in [6.45, 7) is 5.51. The number of fused-ring (bicyclic) bond motifs is 4. The molecular formula is C23H24N4O3S. The third kappa shape index (κ3) is 3.65. The zero-order chi connectivity index (χ0) is 21.4. The number of benzene rings is 1. The molecule has 1 N–H and O–H groups in total. The molecule has 31 heavy (non-hydrogen) atoms. The molecule has 0 unspecified atom stereocenters. The second kappa shape index (κ2) is 8.26. The molecule has 1 aliphatic heterocycles. The van der Waals surface area contributed by atoms with E-state index in [-0.39, 0.29) is 11.9 Å². The van der Waals surface area contributed by atoms with Crippen LogP contribution in [-0.4, -0.2) is 35.4 Å². The highest BCUT2D eigenvalue weighted by Gasteiger charge is 2.30. The quantitative estimate of drug-likeness (QED) is 0.575. The van der Waals surface area contributed by atoms with Gasteiger partial charge in [0, 0.05) is 11.1 Å². The van der Waals surface area contributed by atoms with Gasteiger partial charge in [0.1, 0.15) is 22.7 Å². The molecular weight excluding hydrogens is 412 g/mol. The van der Waals surface area contributed by atoms with Gasteiger partial charge in [-0.25, -0.2) is 9.97 Å². The number of aryl methyl sites for hydroxylation is 1. The van der Waals surface area contributed by atoms with Gasteiger partial charge in [0.2, 0.25) is 0 Å². The maximum atomic E-state index is 12.2. The van der Waals surface area contributed by atoms with E-state index in [9.17, 15) is 4.79 Å². The highest BCUT2D eigenvalue weighted by molar-refractivity contribution is 7.19. The number of hydrogen-bond donors (Lipinski definition) is 1. The van der Waals surface area contributed by atoms with E-state index in [1.807, 2.05) is 20.1 Å². The number of ether oxygens (including phenoxy) is 2. The summed E-state index contributed by atoms with van der Waals surface area (Å²) in [5.74, 6) is 1.39. The molecule has 0 radical (unpaired) electrons. The lowest BCUT2D eigenvalue weighted by Gasteiger charge is -2.21. The van der Waals surface area contributed by atoms with Gasteiger partial charge in [-0.05, 0) is 61.9 Å². The molecule has 1 aliphatic carbocycles. The van der Waals surface area contributed by atoms with E-state index in [0.29, 0.717) is 26.2 Å². The summed E-state index contributed by atoms with van der Waals surface area (Å²) < 4.78 is 11.1. The first-order valence-electron chi connectivity index (χ1n) is 10.7. The molecule has 0 bridgehead atoms. The number of carbonyl (C=O) groups is 1. The third-order valence-electron chi connectivity index (χ3n) is 5.75. The van der Waals surface area contributed by atoms with E-state index in [2.05, 4.69) is 32.4 Å². The van der Waals surface area contributed by atoms with Crippen LogP contribution >= 0.6 is 11.3 Å². The lowest BCUT2D eigenvalue weighted by Crippen LogP contribution is -2.23. The fourth-order valence-electron chi connectivity index (χ4n) is 4.30. The van der Waals surface area contributed by atoms with E-state index in [0.717, 1.165) is 45.9 Å². The fraction of sp³-hybridized carbons (Fsp3) is 0.391. The Labute approximate surface area is 184 Å². The van der Waals surface area contributed by atoms with Gasteiger partial charge >= 0.3 is 5.97 Å². The summed E-state index contributed by atoms with van der Waals surface area (Å²) in [5, 5.41) is 4.54. The van der Waals surface area contributed by atoms with Crippen molar-refractivity contribution in [1.82, 2.24) is 9.97 Å². The molecule has 3 aromatic rings. The number of carbonyl (C=O) groups excluding carboxylic acids is 1. The van der Waals surface area contributed by atoms with Crippen LogP contribution in [0.3, 0.4) is 0 Å². The van der Waals surface area contributed by atoms with Gasteiger partial charge in [-0.15, -0.1) is 11.3 Å². The van der Waals surface area contributed by atoms with Crippen LogP contribution in [-0.2, 0) is 28.9 Å². The minimum atomic E-state index is -0.101. The molecule has 0 saturated heterocycles. The molecule has 3 heterocycles. The second-order valence-corrected chi connectivity index (χ2v) is 8.76. The predicted molar refractivity (Wildman–Crippen MR) is 122 cm³/mol. The molecule has 0 spiro atoms. The Bertz CT molecular complexity index is 1190. The summed E-state index contributed by atoms with van der Waals surface area (Å²) in [6.07, 6.45) is 5.79. The lowest BCUT2D eigenvalue weighted by atomic mass is 9.88. The van der Waals surface area contributed by atoms with Gasteiger partial charge < -0.3 is 14.8 Å². The normalized spacial score (nSPS) is 16.8. The smallest absolute Gasteiger partial charge is 0.309 e. The van der Waals surface area contributed by atoms with Crippen molar-refractivity contribution < 1.29 is 14.3 Å². The average Bonchev–Trinajstić information content (AvgIpc) is 3.37. The summed E-state index contributed by atoms with van der Waals surface area (Å²) in [6, 6.07) is 4.12. The van der Waals surface area contributed by atoms with Crippen molar-refractivity contribution in [3.05, 3.63) is 40.0 Å². The number of nitrogens with zero attached hydrogens (tertiary/aromatic N) is 3. The van der Waals surface area contributed by atoms with Crippen LogP contribution in [0.15, 0.2) is 23.5 Å². The summed E-state index contributed by atoms with van der Waals surface area (Å²) in [5.41, 5.74) is 4.37. The summed E-state index contributed by atoms with van der Waals surface area (Å²) >= 11 is 1.65. The Kier molecular flexibility index (Phi) is 5.31. The summed E-state index contributed by atoms with van der Waals surface area (Å²) in [4.78, 5) is 27.8. The van der Waals surface area contributed by atoms with Crippen LogP contribution in [0.4, 0.5) is 11.5 Å². The van der Waals surface area contributed by atoms with Gasteiger partial charge in [0.25, 0.3) is 0 Å². The first kappa shape index (κ1) is 19.9. The zero-order valence-corrected chi connectivity index (χ0v) is 18.4. The third-order valence-corrected chi connectivity index (χ3v) is 6.91. The van der Waals surface area contributed by atoms with E-state index in [4.69, 9.17) is 9.47 Å². The van der Waals surface area contributed by atoms with Crippen LogP contribution in [0.5, 0.6) is 5.75 Å². The molecule has 5 rings (SSSR count). The Hall–Kier alpha value is -3.00. The number of rotatable bonds is 6. The summed E-state index contributed by atoms with van der Waals surface area (Å²) in [7, 11) is 0. The highest BCUT2D eigenvalue weighted by atomic mass is 32.1. The van der Waals surface area contributed by atoms with Gasteiger partial charge in [-0.3, -0.25) is 9.79 Å². The average molecular weight is 437 g/mol. The van der Waals surface area contributed by atoms with Gasteiger partial charge in [-0.1, -0.05) is 0 Å². The maximum absolute atomic E-state index is 12.2. The molecule has 1 atom stereocenters. The zero-order valence-electron chi connectivity index (χ0n) is 17.6. The Morgan fingerprint density at radius 3 is 3.00 bits per heavy atom. The van der Waals surface area contributed by atoms with Crippen molar-refractivity contribution in [2.45, 2.75) is 39.7 Å². The largest absolute Gasteiger partial charge is 0.492 e. The molecule has 7 nitrogen and oxygen atoms in total. The van der Waals surface area contributed by atoms with E-state index >= 15 is 0 Å². The maximum Gasteiger partial charge on any atom is 0.309 e. The van der Waals surface area contributed by atoms with Crippen molar-refractivity contribution in [3.8, 4) is 5.75 Å². The number of aromatic nitrogens is 2. The lowest BCUT2D eigenvalue weighted by molar-refractivity contribution is -0.148. The minimum Gasteiger partial charge on any atom is -0.492 e. The topological polar surface area (TPSA) is 85.7 Å². The number of anilines is 2.